The van der Waals surface area contributed by atoms with Gasteiger partial charge in [0.05, 0.1) is 16.8 Å². The van der Waals surface area contributed by atoms with Crippen molar-refractivity contribution in [2.24, 2.45) is 5.14 Å². The topological polar surface area (TPSA) is 161 Å². The van der Waals surface area contributed by atoms with Crippen molar-refractivity contribution in [3.8, 4) is 0 Å². The predicted molar refractivity (Wildman–Crippen MR) is 76.4 cm³/mol. The second kappa shape index (κ2) is 5.02. The summed E-state index contributed by atoms with van der Waals surface area (Å²) in [4.78, 5) is -0.397. The van der Waals surface area contributed by atoms with Crippen molar-refractivity contribution in [2.45, 2.75) is 16.7 Å². The van der Waals surface area contributed by atoms with Gasteiger partial charge in [0.1, 0.15) is 10.7 Å². The molecule has 0 amide bonds. The third kappa shape index (κ3) is 2.99. The van der Waals surface area contributed by atoms with Crippen LogP contribution in [0, 0.1) is 6.92 Å². The molecule has 0 saturated carbocycles. The lowest BCUT2D eigenvalue weighted by molar-refractivity contribution is 0.596. The number of aromatic nitrogens is 2. The van der Waals surface area contributed by atoms with Crippen molar-refractivity contribution in [1.82, 2.24) is 10.2 Å². The maximum Gasteiger partial charge on any atom is 0.267 e. The number of nitrogens with two attached hydrogens (primary N) is 2. The second-order valence-corrected chi connectivity index (χ2v) is 7.41. The Balaban J connectivity index is 2.49. The number of H-pyrrole nitrogens is 1. The van der Waals surface area contributed by atoms with E-state index in [1.165, 1.54) is 25.1 Å². The molecular weight excluding hydrogens is 318 g/mol. The standard InChI is InChI=1S/C10H13N5O4S2/c1-6-7(3-2-4-8(6)20(12,16)17)15-21(18,19)9-5-13-14-10(9)11/h2-5,15H,1H3,(H3,11,13,14)(H2,12,16,17). The molecule has 1 aromatic heterocycles. The molecule has 114 valence electrons. The largest absolute Gasteiger partial charge is 0.383 e. The molecule has 1 heterocycles. The number of benzene rings is 1. The number of sulfonamides is 2. The summed E-state index contributed by atoms with van der Waals surface area (Å²) in [6, 6.07) is 4.08. The number of rotatable bonds is 4. The second-order valence-electron chi connectivity index (χ2n) is 4.23. The minimum absolute atomic E-state index is 0.0853. The van der Waals surface area contributed by atoms with Gasteiger partial charge in [-0.25, -0.2) is 22.0 Å². The predicted octanol–water partition coefficient (Wildman–Crippen LogP) is -0.251. The molecule has 0 atom stereocenters. The van der Waals surface area contributed by atoms with Crippen LogP contribution in [0.5, 0.6) is 0 Å². The molecule has 2 rings (SSSR count). The highest BCUT2D eigenvalue weighted by Gasteiger charge is 2.22. The molecule has 11 heteroatoms. The van der Waals surface area contributed by atoms with Crippen LogP contribution in [0.4, 0.5) is 11.5 Å². The molecule has 9 nitrogen and oxygen atoms in total. The first-order valence-corrected chi connectivity index (χ1v) is 8.60. The lowest BCUT2D eigenvalue weighted by atomic mass is 10.2. The molecule has 0 fully saturated rings. The molecule has 0 aliphatic rings. The van der Waals surface area contributed by atoms with Gasteiger partial charge in [-0.2, -0.15) is 5.10 Å². The number of aromatic amines is 1. The Morgan fingerprint density at radius 2 is 1.86 bits per heavy atom. The van der Waals surface area contributed by atoms with Crippen LogP contribution < -0.4 is 15.6 Å². The van der Waals surface area contributed by atoms with Gasteiger partial charge in [-0.3, -0.25) is 9.82 Å². The third-order valence-corrected chi connectivity index (χ3v) is 5.21. The van der Waals surface area contributed by atoms with Crippen molar-refractivity contribution < 1.29 is 16.8 Å². The average Bonchev–Trinajstić information content (AvgIpc) is 2.77. The lowest BCUT2D eigenvalue weighted by Gasteiger charge is -2.12. The number of nitrogens with one attached hydrogen (secondary N) is 2. The molecule has 0 saturated heterocycles. The molecule has 0 radical (unpaired) electrons. The van der Waals surface area contributed by atoms with Crippen LogP contribution in [0.25, 0.3) is 0 Å². The zero-order valence-corrected chi connectivity index (χ0v) is 12.5. The molecular formula is C10H13N5O4S2. The van der Waals surface area contributed by atoms with E-state index in [0.29, 0.717) is 0 Å². The number of nitrogen functional groups attached to an aromatic ring is 1. The van der Waals surface area contributed by atoms with E-state index in [0.717, 1.165) is 6.20 Å². The van der Waals surface area contributed by atoms with Gasteiger partial charge in [0.25, 0.3) is 10.0 Å². The van der Waals surface area contributed by atoms with Crippen LogP contribution >= 0.6 is 0 Å². The number of hydrogen-bond donors (Lipinski definition) is 4. The highest BCUT2D eigenvalue weighted by atomic mass is 32.2. The summed E-state index contributed by atoms with van der Waals surface area (Å²) < 4.78 is 49.4. The minimum atomic E-state index is -3.99. The Labute approximate surface area is 121 Å². The van der Waals surface area contributed by atoms with Gasteiger partial charge in [-0.1, -0.05) is 6.07 Å². The zero-order chi connectivity index (χ0) is 15.8. The van der Waals surface area contributed by atoms with Crippen molar-refractivity contribution in [1.29, 1.82) is 0 Å². The molecule has 6 N–H and O–H groups in total. The Morgan fingerprint density at radius 1 is 1.19 bits per heavy atom. The summed E-state index contributed by atoms with van der Waals surface area (Å²) in [6.45, 7) is 1.44. The number of primary sulfonamides is 1. The van der Waals surface area contributed by atoms with Crippen molar-refractivity contribution in [3.05, 3.63) is 30.0 Å². The van der Waals surface area contributed by atoms with E-state index in [-0.39, 0.29) is 26.9 Å². The molecule has 0 aliphatic carbocycles. The Morgan fingerprint density at radius 3 is 2.38 bits per heavy atom. The molecule has 0 spiro atoms. The summed E-state index contributed by atoms with van der Waals surface area (Å²) in [7, 11) is -7.94. The zero-order valence-electron chi connectivity index (χ0n) is 10.9. The van der Waals surface area contributed by atoms with E-state index in [1.807, 2.05) is 0 Å². The summed E-state index contributed by atoms with van der Waals surface area (Å²) in [5, 5.41) is 10.9. The molecule has 0 unspecified atom stereocenters. The maximum atomic E-state index is 12.2. The fourth-order valence-corrected chi connectivity index (χ4v) is 3.68. The minimum Gasteiger partial charge on any atom is -0.383 e. The van der Waals surface area contributed by atoms with Crippen LogP contribution in [-0.4, -0.2) is 27.0 Å². The fraction of sp³-hybridized carbons (Fsp3) is 0.100. The van der Waals surface area contributed by atoms with Gasteiger partial charge in [0, 0.05) is 0 Å². The molecule has 0 bridgehead atoms. The molecule has 21 heavy (non-hydrogen) atoms. The lowest BCUT2D eigenvalue weighted by Crippen LogP contribution is -2.17. The van der Waals surface area contributed by atoms with E-state index in [2.05, 4.69) is 14.9 Å². The number of hydrogen-bond acceptors (Lipinski definition) is 6. The molecule has 2 aromatic rings. The Kier molecular flexibility index (Phi) is 3.65. The number of nitrogens with zero attached hydrogens (tertiary/aromatic N) is 1. The normalized spacial score (nSPS) is 12.3. The van der Waals surface area contributed by atoms with Gasteiger partial charge in [0.15, 0.2) is 0 Å². The van der Waals surface area contributed by atoms with Crippen LogP contribution in [0.1, 0.15) is 5.56 Å². The van der Waals surface area contributed by atoms with E-state index in [9.17, 15) is 16.8 Å². The summed E-state index contributed by atoms with van der Waals surface area (Å²) in [6.07, 6.45) is 1.05. The molecule has 1 aromatic carbocycles. The van der Waals surface area contributed by atoms with Gasteiger partial charge in [-0.15, -0.1) is 0 Å². The van der Waals surface area contributed by atoms with Gasteiger partial charge < -0.3 is 5.73 Å². The molecule has 0 aliphatic heterocycles. The first kappa shape index (κ1) is 15.3. The summed E-state index contributed by atoms with van der Waals surface area (Å²) >= 11 is 0. The van der Waals surface area contributed by atoms with Gasteiger partial charge >= 0.3 is 0 Å². The third-order valence-electron chi connectivity index (χ3n) is 2.76. The van der Waals surface area contributed by atoms with E-state index in [1.54, 1.807) is 0 Å². The van der Waals surface area contributed by atoms with Gasteiger partial charge in [-0.05, 0) is 24.6 Å². The summed E-state index contributed by atoms with van der Waals surface area (Å²) in [5.74, 6) is -0.122. The van der Waals surface area contributed by atoms with Crippen LogP contribution in [0.2, 0.25) is 0 Å². The van der Waals surface area contributed by atoms with E-state index < -0.39 is 20.0 Å². The average molecular weight is 331 g/mol. The van der Waals surface area contributed by atoms with Crippen molar-refractivity contribution in [2.75, 3.05) is 10.5 Å². The highest BCUT2D eigenvalue weighted by molar-refractivity contribution is 7.93. The fourth-order valence-electron chi connectivity index (χ4n) is 1.73. The van der Waals surface area contributed by atoms with Crippen molar-refractivity contribution in [3.63, 3.8) is 0 Å². The van der Waals surface area contributed by atoms with Crippen LogP contribution in [0.15, 0.2) is 34.2 Å². The van der Waals surface area contributed by atoms with Gasteiger partial charge in [0.2, 0.25) is 10.0 Å². The smallest absolute Gasteiger partial charge is 0.267 e. The summed E-state index contributed by atoms with van der Waals surface area (Å²) in [5.41, 5.74) is 5.74. The maximum absolute atomic E-state index is 12.2. The number of anilines is 2. The van der Waals surface area contributed by atoms with E-state index in [4.69, 9.17) is 10.9 Å². The highest BCUT2D eigenvalue weighted by Crippen LogP contribution is 2.25. The van der Waals surface area contributed by atoms with Crippen LogP contribution in [0.3, 0.4) is 0 Å². The quantitative estimate of drug-likeness (QED) is 0.604. The van der Waals surface area contributed by atoms with Crippen LogP contribution in [-0.2, 0) is 20.0 Å². The van der Waals surface area contributed by atoms with E-state index >= 15 is 0 Å². The SMILES string of the molecule is Cc1c(NS(=O)(=O)c2cn[nH]c2N)cccc1S(N)(=O)=O. The Hall–Kier alpha value is -2.11. The first-order valence-electron chi connectivity index (χ1n) is 5.57. The first-order chi connectivity index (χ1) is 9.63. The Bertz CT molecular complexity index is 886. The van der Waals surface area contributed by atoms with Crippen molar-refractivity contribution >= 4 is 31.6 Å². The monoisotopic (exact) mass is 331 g/mol.